The average molecular weight is 292 g/mol. The first kappa shape index (κ1) is 12.0. The van der Waals surface area contributed by atoms with Crippen LogP contribution in [0.15, 0.2) is 40.6 Å². The summed E-state index contributed by atoms with van der Waals surface area (Å²) in [6.45, 7) is 4.98. The zero-order valence-corrected chi connectivity index (χ0v) is 11.5. The molecule has 0 saturated heterocycles. The van der Waals surface area contributed by atoms with Gasteiger partial charge in [-0.1, -0.05) is 11.6 Å². The van der Waals surface area contributed by atoms with E-state index in [9.17, 15) is 0 Å². The van der Waals surface area contributed by atoms with Crippen molar-refractivity contribution in [1.29, 1.82) is 0 Å². The summed E-state index contributed by atoms with van der Waals surface area (Å²) in [7, 11) is 0. The Labute approximate surface area is 109 Å². The number of nitrogens with zero attached hydrogens (tertiary/aromatic N) is 2. The second-order valence-corrected chi connectivity index (χ2v) is 4.81. The summed E-state index contributed by atoms with van der Waals surface area (Å²) in [4.78, 5) is 8.58. The molecule has 0 amide bonds. The minimum absolute atomic E-state index is 0.812. The van der Waals surface area contributed by atoms with E-state index in [-0.39, 0.29) is 0 Å². The molecule has 88 valence electrons. The first-order chi connectivity index (χ1) is 8.18. The Balaban J connectivity index is 2.30. The Kier molecular flexibility index (Phi) is 3.74. The molecule has 0 fully saturated rings. The van der Waals surface area contributed by atoms with Gasteiger partial charge in [-0.15, -0.1) is 0 Å². The van der Waals surface area contributed by atoms with Gasteiger partial charge in [0.05, 0.1) is 15.7 Å². The highest BCUT2D eigenvalue weighted by molar-refractivity contribution is 9.10. The number of fused-ring (bicyclic) bond motifs is 1. The minimum atomic E-state index is 0.812. The molecule has 1 heterocycles. The van der Waals surface area contributed by atoms with E-state index >= 15 is 0 Å². The summed E-state index contributed by atoms with van der Waals surface area (Å²) in [6, 6.07) is 3.98. The van der Waals surface area contributed by atoms with E-state index in [0.29, 0.717) is 0 Å². The fourth-order valence-electron chi connectivity index (χ4n) is 1.50. The predicted octanol–water partition coefficient (Wildman–Crippen LogP) is 3.77. The van der Waals surface area contributed by atoms with Crippen molar-refractivity contribution >= 4 is 32.7 Å². The van der Waals surface area contributed by atoms with Crippen molar-refractivity contribution in [2.45, 2.75) is 13.8 Å². The van der Waals surface area contributed by atoms with E-state index in [1.165, 1.54) is 5.57 Å². The van der Waals surface area contributed by atoms with Gasteiger partial charge in [-0.25, -0.2) is 0 Å². The molecule has 0 aliphatic carbocycles. The van der Waals surface area contributed by atoms with Crippen LogP contribution >= 0.6 is 15.9 Å². The first-order valence-electron chi connectivity index (χ1n) is 5.45. The van der Waals surface area contributed by atoms with Gasteiger partial charge in [0.1, 0.15) is 5.52 Å². The second kappa shape index (κ2) is 5.27. The van der Waals surface area contributed by atoms with Crippen molar-refractivity contribution in [3.05, 3.63) is 40.6 Å². The van der Waals surface area contributed by atoms with E-state index in [4.69, 9.17) is 0 Å². The maximum atomic E-state index is 4.32. The largest absolute Gasteiger partial charge is 0.381 e. The summed E-state index contributed by atoms with van der Waals surface area (Å²) in [5, 5.41) is 3.35. The summed E-state index contributed by atoms with van der Waals surface area (Å²) >= 11 is 3.56. The molecule has 1 aromatic heterocycles. The highest BCUT2D eigenvalue weighted by Gasteiger charge is 2.05. The van der Waals surface area contributed by atoms with Crippen molar-refractivity contribution in [2.75, 3.05) is 11.9 Å². The number of aromatic nitrogens is 2. The van der Waals surface area contributed by atoms with Gasteiger partial charge >= 0.3 is 0 Å². The Hall–Kier alpha value is -1.42. The lowest BCUT2D eigenvalue weighted by atomic mass is 10.2. The van der Waals surface area contributed by atoms with Gasteiger partial charge in [0, 0.05) is 18.9 Å². The van der Waals surface area contributed by atoms with E-state index in [1.54, 1.807) is 12.4 Å². The quantitative estimate of drug-likeness (QED) is 0.875. The topological polar surface area (TPSA) is 37.8 Å². The summed E-state index contributed by atoms with van der Waals surface area (Å²) in [5.74, 6) is 0. The Morgan fingerprint density at radius 3 is 2.82 bits per heavy atom. The molecule has 1 N–H and O–H groups in total. The van der Waals surface area contributed by atoms with Crippen LogP contribution in [0, 0.1) is 0 Å². The van der Waals surface area contributed by atoms with Crippen LogP contribution in [0.2, 0.25) is 0 Å². The van der Waals surface area contributed by atoms with Crippen LogP contribution in [0.4, 0.5) is 5.69 Å². The number of hydrogen-bond donors (Lipinski definition) is 1. The smallest absolute Gasteiger partial charge is 0.105 e. The monoisotopic (exact) mass is 291 g/mol. The van der Waals surface area contributed by atoms with Crippen molar-refractivity contribution in [3.63, 3.8) is 0 Å². The number of halogens is 1. The molecule has 0 bridgehead atoms. The molecule has 17 heavy (non-hydrogen) atoms. The number of allylic oxidation sites excluding steroid dienone is 1. The third kappa shape index (κ3) is 2.82. The average Bonchev–Trinajstić information content (AvgIpc) is 2.32. The third-order valence-corrected chi connectivity index (χ3v) is 3.18. The fourth-order valence-corrected chi connectivity index (χ4v) is 2.08. The highest BCUT2D eigenvalue weighted by atomic mass is 79.9. The number of anilines is 1. The number of hydrogen-bond acceptors (Lipinski definition) is 3. The molecule has 4 heteroatoms. The van der Waals surface area contributed by atoms with Crippen molar-refractivity contribution in [2.24, 2.45) is 0 Å². The zero-order chi connectivity index (χ0) is 12.3. The van der Waals surface area contributed by atoms with Gasteiger partial charge in [-0.2, -0.15) is 0 Å². The van der Waals surface area contributed by atoms with Crippen molar-refractivity contribution in [1.82, 2.24) is 9.97 Å². The van der Waals surface area contributed by atoms with Gasteiger partial charge in [0.15, 0.2) is 0 Å². The molecule has 0 spiro atoms. The van der Waals surface area contributed by atoms with Crippen molar-refractivity contribution < 1.29 is 0 Å². The molecule has 0 aliphatic rings. The van der Waals surface area contributed by atoms with Crippen LogP contribution in [0.1, 0.15) is 13.8 Å². The first-order valence-corrected chi connectivity index (χ1v) is 6.24. The lowest BCUT2D eigenvalue weighted by Crippen LogP contribution is -2.00. The minimum Gasteiger partial charge on any atom is -0.381 e. The standard InChI is InChI=1S/C13H14BrN3/c1-9(2)5-6-15-10-3-4-11-13(12(10)14)17-8-7-16-11/h3-5,7-8,15H,6H2,1-2H3. The lowest BCUT2D eigenvalue weighted by molar-refractivity contribution is 1.25. The van der Waals surface area contributed by atoms with Gasteiger partial charge < -0.3 is 5.32 Å². The molecule has 0 saturated carbocycles. The SMILES string of the molecule is CC(C)=CCNc1ccc2nccnc2c1Br. The summed E-state index contributed by atoms with van der Waals surface area (Å²) in [5.41, 5.74) is 4.12. The molecule has 3 nitrogen and oxygen atoms in total. The number of nitrogens with one attached hydrogen (secondary N) is 1. The van der Waals surface area contributed by atoms with Crippen LogP contribution < -0.4 is 5.32 Å². The molecule has 2 rings (SSSR count). The van der Waals surface area contributed by atoms with Crippen molar-refractivity contribution in [3.8, 4) is 0 Å². The van der Waals surface area contributed by atoms with E-state index < -0.39 is 0 Å². The van der Waals surface area contributed by atoms with Crippen LogP contribution in [0.25, 0.3) is 11.0 Å². The molecular weight excluding hydrogens is 278 g/mol. The summed E-state index contributed by atoms with van der Waals surface area (Å²) in [6.07, 6.45) is 5.55. The Morgan fingerprint density at radius 1 is 1.29 bits per heavy atom. The van der Waals surface area contributed by atoms with Crippen LogP contribution in [0.3, 0.4) is 0 Å². The maximum absolute atomic E-state index is 4.32. The number of rotatable bonds is 3. The van der Waals surface area contributed by atoms with Gasteiger partial charge in [0.25, 0.3) is 0 Å². The molecule has 0 aliphatic heterocycles. The van der Waals surface area contributed by atoms with Crippen LogP contribution in [-0.2, 0) is 0 Å². The van der Waals surface area contributed by atoms with E-state index in [0.717, 1.165) is 27.7 Å². The third-order valence-electron chi connectivity index (χ3n) is 2.38. The molecule has 0 radical (unpaired) electrons. The molecular formula is C13H14BrN3. The van der Waals surface area contributed by atoms with Crippen LogP contribution in [0.5, 0.6) is 0 Å². The van der Waals surface area contributed by atoms with Crippen LogP contribution in [-0.4, -0.2) is 16.5 Å². The second-order valence-electron chi connectivity index (χ2n) is 4.01. The highest BCUT2D eigenvalue weighted by Crippen LogP contribution is 2.28. The lowest BCUT2D eigenvalue weighted by Gasteiger charge is -2.08. The molecule has 2 aromatic rings. The summed E-state index contributed by atoms with van der Waals surface area (Å²) < 4.78 is 0.963. The van der Waals surface area contributed by atoms with E-state index in [1.807, 2.05) is 12.1 Å². The molecule has 1 aromatic carbocycles. The van der Waals surface area contributed by atoms with Gasteiger partial charge in [-0.05, 0) is 41.9 Å². The van der Waals surface area contributed by atoms with E-state index in [2.05, 4.69) is 51.1 Å². The van der Waals surface area contributed by atoms with Gasteiger partial charge in [-0.3, -0.25) is 9.97 Å². The predicted molar refractivity (Wildman–Crippen MR) is 75.2 cm³/mol. The Bertz CT molecular complexity index is 560. The number of benzene rings is 1. The fraction of sp³-hybridized carbons (Fsp3) is 0.231. The zero-order valence-electron chi connectivity index (χ0n) is 9.87. The Morgan fingerprint density at radius 2 is 2.06 bits per heavy atom. The molecule has 0 atom stereocenters. The van der Waals surface area contributed by atoms with Gasteiger partial charge in [0.2, 0.25) is 0 Å². The molecule has 0 unspecified atom stereocenters. The normalized spacial score (nSPS) is 10.3. The maximum Gasteiger partial charge on any atom is 0.105 e.